The number of hydrogen-bond acceptors (Lipinski definition) is 7. The molecule has 42 heavy (non-hydrogen) atoms. The molecule has 2 aliphatic heterocycles. The zero-order chi connectivity index (χ0) is 29.9. The summed E-state index contributed by atoms with van der Waals surface area (Å²) in [6.45, 7) is 4.54. The van der Waals surface area contributed by atoms with Crippen LogP contribution in [-0.2, 0) is 16.1 Å². The smallest absolute Gasteiger partial charge is 0.339 e. The van der Waals surface area contributed by atoms with Gasteiger partial charge in [0.2, 0.25) is 11.8 Å². The van der Waals surface area contributed by atoms with E-state index in [4.69, 9.17) is 9.84 Å². The highest BCUT2D eigenvalue weighted by Crippen LogP contribution is 2.36. The molecule has 2 saturated heterocycles. The predicted octanol–water partition coefficient (Wildman–Crippen LogP) is 3.67. The molecule has 0 aromatic heterocycles. The largest absolute Gasteiger partial charge is 0.507 e. The Morgan fingerprint density at radius 3 is 2.36 bits per heavy atom. The maximum atomic E-state index is 13.7. The van der Waals surface area contributed by atoms with Crippen LogP contribution in [0.25, 0.3) is 0 Å². The summed E-state index contributed by atoms with van der Waals surface area (Å²) in [6.07, 6.45) is 7.32. The van der Waals surface area contributed by atoms with Crippen LogP contribution in [0.5, 0.6) is 17.2 Å². The number of hydrogen-bond donors (Lipinski definition) is 4. The van der Waals surface area contributed by atoms with Gasteiger partial charge in [0.15, 0.2) is 0 Å². The van der Waals surface area contributed by atoms with E-state index < -0.39 is 23.7 Å². The van der Waals surface area contributed by atoms with Crippen molar-refractivity contribution in [2.24, 2.45) is 5.92 Å². The fraction of sp³-hybridized carbons (Fsp3) is 0.469. The number of aromatic hydroxyl groups is 1. The number of nitrogens with one attached hydrogen (secondary N) is 1. The molecule has 1 aliphatic carbocycles. The van der Waals surface area contributed by atoms with Crippen LogP contribution >= 0.6 is 0 Å². The number of carboxylic acid groups (broad SMARTS) is 1. The van der Waals surface area contributed by atoms with Gasteiger partial charge in [-0.2, -0.15) is 0 Å². The normalized spacial score (nSPS) is 21.5. The van der Waals surface area contributed by atoms with Gasteiger partial charge in [-0.3, -0.25) is 14.5 Å². The van der Waals surface area contributed by atoms with Crippen LogP contribution < -0.4 is 10.1 Å². The van der Waals surface area contributed by atoms with E-state index in [1.165, 1.54) is 18.2 Å². The Balaban J connectivity index is 1.21. The van der Waals surface area contributed by atoms with E-state index >= 15 is 0 Å². The highest BCUT2D eigenvalue weighted by atomic mass is 16.5. The van der Waals surface area contributed by atoms with Gasteiger partial charge in [-0.25, -0.2) is 4.79 Å². The Kier molecular flexibility index (Phi) is 8.84. The van der Waals surface area contributed by atoms with Gasteiger partial charge in [-0.15, -0.1) is 0 Å². The van der Waals surface area contributed by atoms with Crippen molar-refractivity contribution in [3.63, 3.8) is 0 Å². The fourth-order valence-electron chi connectivity index (χ4n) is 6.29. The molecular formula is C32H39N3O7. The molecule has 224 valence electrons. The lowest BCUT2D eigenvalue weighted by Gasteiger charge is -2.52. The number of carbonyl (C=O) groups excluding carboxylic acids is 2. The van der Waals surface area contributed by atoms with Crippen LogP contribution in [-0.4, -0.2) is 80.2 Å². The minimum atomic E-state index is -1.21. The first-order valence-corrected chi connectivity index (χ1v) is 14.7. The van der Waals surface area contributed by atoms with Crippen LogP contribution in [0.15, 0.2) is 54.6 Å². The molecule has 1 spiro atoms. The number of aromatic carboxylic acids is 1. The molecule has 2 fully saturated rings. The van der Waals surface area contributed by atoms with Gasteiger partial charge in [0.25, 0.3) is 0 Å². The molecule has 2 amide bonds. The molecule has 3 aliphatic rings. The van der Waals surface area contributed by atoms with Crippen LogP contribution in [0, 0.1) is 5.92 Å². The number of phenols is 1. The Hall–Kier alpha value is -3.89. The highest BCUT2D eigenvalue weighted by molar-refractivity contribution is 6.00. The van der Waals surface area contributed by atoms with Gasteiger partial charge in [0.05, 0.1) is 6.10 Å². The third-order valence-electron chi connectivity index (χ3n) is 8.81. The van der Waals surface area contributed by atoms with Crippen molar-refractivity contribution in [3.05, 3.63) is 65.7 Å². The number of piperidine rings is 1. The molecule has 4 N–H and O–H groups in total. The molecule has 2 aromatic rings. The number of aliphatic hydroxyl groups is 1. The van der Waals surface area contributed by atoms with Crippen LogP contribution in [0.3, 0.4) is 0 Å². The molecule has 5 rings (SSSR count). The Labute approximate surface area is 245 Å². The minimum absolute atomic E-state index is 0.0513. The first kappa shape index (κ1) is 29.6. The predicted molar refractivity (Wildman–Crippen MR) is 155 cm³/mol. The SMILES string of the molecule is CCCCN1C(=O)[C@@H]([C@H](O)C2CC=CC2)NC(=O)C12CCN(Cc1ccc(Oc3ccc(C(=O)O)c(O)c3)cc1)CC2. The van der Waals surface area contributed by atoms with Crippen molar-refractivity contribution in [1.29, 1.82) is 0 Å². The summed E-state index contributed by atoms with van der Waals surface area (Å²) in [5, 5.41) is 32.9. The average molecular weight is 578 g/mol. The van der Waals surface area contributed by atoms with Crippen molar-refractivity contribution in [1.82, 2.24) is 15.1 Å². The van der Waals surface area contributed by atoms with E-state index in [9.17, 15) is 24.6 Å². The number of amides is 2. The number of likely N-dealkylation sites (tertiary alicyclic amines) is 1. The molecule has 2 atom stereocenters. The van der Waals surface area contributed by atoms with Crippen molar-refractivity contribution >= 4 is 17.8 Å². The summed E-state index contributed by atoms with van der Waals surface area (Å²) in [5.74, 6) is -1.07. The zero-order valence-corrected chi connectivity index (χ0v) is 23.9. The zero-order valence-electron chi connectivity index (χ0n) is 23.9. The average Bonchev–Trinajstić information content (AvgIpc) is 3.52. The monoisotopic (exact) mass is 577 g/mol. The number of rotatable bonds is 10. The second-order valence-electron chi connectivity index (χ2n) is 11.5. The maximum absolute atomic E-state index is 13.7. The quantitative estimate of drug-likeness (QED) is 0.314. The molecular weight excluding hydrogens is 538 g/mol. The van der Waals surface area contributed by atoms with Gasteiger partial charge in [-0.1, -0.05) is 37.6 Å². The summed E-state index contributed by atoms with van der Waals surface area (Å²) in [7, 11) is 0. The van der Waals surface area contributed by atoms with E-state index in [1.54, 1.807) is 4.90 Å². The van der Waals surface area contributed by atoms with Gasteiger partial charge in [0, 0.05) is 32.2 Å². The van der Waals surface area contributed by atoms with E-state index in [0.29, 0.717) is 63.4 Å². The standard InChI is InChI=1S/C32H39N3O7/c1-2-3-16-35-29(38)27(28(37)22-6-4-5-7-22)33-31(41)32(35)14-17-34(18-15-32)20-21-8-10-23(11-9-21)42-24-12-13-25(30(39)40)26(36)19-24/h4-5,8-13,19,22,27-28,36-37H,2-3,6-7,14-18,20H2,1H3,(H,33,41)(H,39,40)/t27-,28-/m1/s1. The topological polar surface area (TPSA) is 140 Å². The Morgan fingerprint density at radius 2 is 1.74 bits per heavy atom. The minimum Gasteiger partial charge on any atom is -0.507 e. The highest BCUT2D eigenvalue weighted by Gasteiger charge is 2.55. The lowest BCUT2D eigenvalue weighted by molar-refractivity contribution is -0.165. The lowest BCUT2D eigenvalue weighted by atomic mass is 9.79. The lowest BCUT2D eigenvalue weighted by Crippen LogP contribution is -2.75. The molecule has 2 heterocycles. The number of carboxylic acids is 1. The number of unbranched alkanes of at least 4 members (excludes halogenated alkanes) is 1. The van der Waals surface area contributed by atoms with Gasteiger partial charge in [-0.05, 0) is 67.9 Å². The fourth-order valence-corrected chi connectivity index (χ4v) is 6.29. The van der Waals surface area contributed by atoms with Crippen molar-refractivity contribution in [2.75, 3.05) is 19.6 Å². The van der Waals surface area contributed by atoms with E-state index in [1.807, 2.05) is 36.4 Å². The molecule has 2 aromatic carbocycles. The number of aliphatic hydroxyl groups excluding tert-OH is 1. The summed E-state index contributed by atoms with van der Waals surface area (Å²) < 4.78 is 5.77. The van der Waals surface area contributed by atoms with E-state index in [2.05, 4.69) is 17.1 Å². The summed E-state index contributed by atoms with van der Waals surface area (Å²) in [4.78, 5) is 42.5. The van der Waals surface area contributed by atoms with E-state index in [0.717, 1.165) is 18.4 Å². The summed E-state index contributed by atoms with van der Waals surface area (Å²) in [6, 6.07) is 10.7. The second kappa shape index (κ2) is 12.5. The van der Waals surface area contributed by atoms with Gasteiger partial charge in [0.1, 0.15) is 34.4 Å². The third kappa shape index (κ3) is 6.00. The van der Waals surface area contributed by atoms with Crippen LogP contribution in [0.1, 0.15) is 61.4 Å². The maximum Gasteiger partial charge on any atom is 0.339 e. The van der Waals surface area contributed by atoms with Crippen LogP contribution in [0.2, 0.25) is 0 Å². The van der Waals surface area contributed by atoms with Crippen molar-refractivity contribution in [2.45, 2.75) is 69.7 Å². The molecule has 0 bridgehead atoms. The van der Waals surface area contributed by atoms with Crippen molar-refractivity contribution in [3.8, 4) is 17.2 Å². The first-order valence-electron chi connectivity index (χ1n) is 14.7. The van der Waals surface area contributed by atoms with Crippen molar-refractivity contribution < 1.29 is 34.4 Å². The number of piperazine rings is 1. The molecule has 10 nitrogen and oxygen atoms in total. The Bertz CT molecular complexity index is 1330. The molecule has 0 unspecified atom stereocenters. The Morgan fingerprint density at radius 1 is 1.07 bits per heavy atom. The number of carbonyl (C=O) groups is 3. The second-order valence-corrected chi connectivity index (χ2v) is 11.5. The van der Waals surface area contributed by atoms with E-state index in [-0.39, 0.29) is 29.0 Å². The number of allylic oxidation sites excluding steroid dienone is 2. The molecule has 0 radical (unpaired) electrons. The third-order valence-corrected chi connectivity index (χ3v) is 8.81. The first-order chi connectivity index (χ1) is 20.2. The summed E-state index contributed by atoms with van der Waals surface area (Å²) >= 11 is 0. The van der Waals surface area contributed by atoms with Gasteiger partial charge >= 0.3 is 5.97 Å². The number of ether oxygens (including phenoxy) is 1. The van der Waals surface area contributed by atoms with Crippen LogP contribution in [0.4, 0.5) is 0 Å². The van der Waals surface area contributed by atoms with Gasteiger partial charge < -0.3 is 30.3 Å². The summed E-state index contributed by atoms with van der Waals surface area (Å²) in [5.41, 5.74) is -0.0295. The number of benzene rings is 2. The number of nitrogens with zero attached hydrogens (tertiary/aromatic N) is 2. The molecule has 0 saturated carbocycles. The molecule has 10 heteroatoms.